The van der Waals surface area contributed by atoms with E-state index in [0.717, 1.165) is 24.4 Å². The monoisotopic (exact) mass is 284 g/mol. The van der Waals surface area contributed by atoms with Crippen LogP contribution < -0.4 is 4.90 Å². The maximum absolute atomic E-state index is 4.76. The summed E-state index contributed by atoms with van der Waals surface area (Å²) in [5.74, 6) is 2.04. The van der Waals surface area contributed by atoms with Crippen molar-refractivity contribution in [1.82, 2.24) is 4.98 Å². The number of anilines is 1. The highest BCUT2D eigenvalue weighted by molar-refractivity contribution is 5.56. The predicted molar refractivity (Wildman–Crippen MR) is 92.7 cm³/mol. The fourth-order valence-corrected chi connectivity index (χ4v) is 3.21. The molecule has 0 aromatic carbocycles. The summed E-state index contributed by atoms with van der Waals surface area (Å²) in [5, 5.41) is 0. The van der Waals surface area contributed by atoms with Gasteiger partial charge in [-0.05, 0) is 49.3 Å². The normalized spacial score (nSPS) is 15.7. The number of pyridine rings is 1. The first kappa shape index (κ1) is 15.8. The number of nitrogens with zero attached hydrogens (tertiary/aromatic N) is 2. The van der Waals surface area contributed by atoms with Gasteiger partial charge >= 0.3 is 0 Å². The SMILES string of the molecule is C=C/C=C/c1cnc(N(CC)CC2CCCC2)c(CC)c1. The van der Waals surface area contributed by atoms with Gasteiger partial charge < -0.3 is 4.90 Å². The molecular formula is C19H28N2. The first-order chi connectivity index (χ1) is 10.3. The molecule has 2 nitrogen and oxygen atoms in total. The van der Waals surface area contributed by atoms with E-state index in [9.17, 15) is 0 Å². The summed E-state index contributed by atoms with van der Waals surface area (Å²) in [6, 6.07) is 2.26. The maximum Gasteiger partial charge on any atom is 0.131 e. The van der Waals surface area contributed by atoms with Crippen LogP contribution in [-0.2, 0) is 6.42 Å². The van der Waals surface area contributed by atoms with Crippen LogP contribution in [0.3, 0.4) is 0 Å². The van der Waals surface area contributed by atoms with E-state index in [1.165, 1.54) is 43.6 Å². The highest BCUT2D eigenvalue weighted by Crippen LogP contribution is 2.28. The Hall–Kier alpha value is -1.57. The number of rotatable bonds is 7. The highest BCUT2D eigenvalue weighted by Gasteiger charge is 2.20. The fourth-order valence-electron chi connectivity index (χ4n) is 3.21. The van der Waals surface area contributed by atoms with Crippen LogP contribution in [0, 0.1) is 5.92 Å². The van der Waals surface area contributed by atoms with Crippen molar-refractivity contribution in [3.05, 3.63) is 42.1 Å². The number of hydrogen-bond acceptors (Lipinski definition) is 2. The second-order valence-corrected chi connectivity index (χ2v) is 5.89. The summed E-state index contributed by atoms with van der Waals surface area (Å²) in [4.78, 5) is 7.22. The predicted octanol–water partition coefficient (Wildman–Crippen LogP) is 4.86. The summed E-state index contributed by atoms with van der Waals surface area (Å²) in [7, 11) is 0. The van der Waals surface area contributed by atoms with Crippen LogP contribution in [0.5, 0.6) is 0 Å². The minimum Gasteiger partial charge on any atom is -0.356 e. The lowest BCUT2D eigenvalue weighted by atomic mass is 10.1. The van der Waals surface area contributed by atoms with Crippen LogP contribution in [0.4, 0.5) is 5.82 Å². The molecule has 1 aromatic rings. The molecule has 114 valence electrons. The third-order valence-corrected chi connectivity index (χ3v) is 4.40. The Morgan fingerprint density at radius 1 is 1.33 bits per heavy atom. The van der Waals surface area contributed by atoms with Crippen molar-refractivity contribution in [3.8, 4) is 0 Å². The standard InChI is InChI=1S/C19H28N2/c1-4-7-10-17-13-18(5-2)19(20-14-17)21(6-3)15-16-11-8-9-12-16/h4,7,10,13-14,16H,1,5-6,8-9,11-12,15H2,2-3H3/b10-7+. The topological polar surface area (TPSA) is 16.1 Å². The lowest BCUT2D eigenvalue weighted by Crippen LogP contribution is -2.30. The van der Waals surface area contributed by atoms with Crippen molar-refractivity contribution in [2.45, 2.75) is 46.0 Å². The van der Waals surface area contributed by atoms with Crippen molar-refractivity contribution >= 4 is 11.9 Å². The van der Waals surface area contributed by atoms with Crippen LogP contribution in [0.2, 0.25) is 0 Å². The summed E-state index contributed by atoms with van der Waals surface area (Å²) in [5.41, 5.74) is 2.51. The second kappa shape index (κ2) is 8.02. The molecule has 0 spiro atoms. The lowest BCUT2D eigenvalue weighted by molar-refractivity contribution is 0.532. The van der Waals surface area contributed by atoms with Crippen LogP contribution in [0.1, 0.15) is 50.7 Å². The Morgan fingerprint density at radius 2 is 2.10 bits per heavy atom. The Bertz CT molecular complexity index is 484. The average molecular weight is 284 g/mol. The van der Waals surface area contributed by atoms with E-state index in [2.05, 4.69) is 37.5 Å². The van der Waals surface area contributed by atoms with E-state index in [1.54, 1.807) is 6.08 Å². The molecule has 2 heteroatoms. The molecule has 0 unspecified atom stereocenters. The van der Waals surface area contributed by atoms with Gasteiger partial charge in [0.2, 0.25) is 0 Å². The van der Waals surface area contributed by atoms with Crippen LogP contribution in [0.25, 0.3) is 6.08 Å². The van der Waals surface area contributed by atoms with Gasteiger partial charge in [-0.25, -0.2) is 4.98 Å². The number of aryl methyl sites for hydroxylation is 1. The van der Waals surface area contributed by atoms with Gasteiger partial charge in [-0.1, -0.05) is 44.6 Å². The summed E-state index contributed by atoms with van der Waals surface area (Å²) in [6.45, 7) is 10.4. The van der Waals surface area contributed by atoms with Crippen molar-refractivity contribution in [2.75, 3.05) is 18.0 Å². The molecule has 0 atom stereocenters. The molecule has 0 bridgehead atoms. The van der Waals surface area contributed by atoms with Gasteiger partial charge in [-0.15, -0.1) is 0 Å². The van der Waals surface area contributed by atoms with Gasteiger partial charge in [0, 0.05) is 19.3 Å². The fraction of sp³-hybridized carbons (Fsp3) is 0.526. The van der Waals surface area contributed by atoms with E-state index >= 15 is 0 Å². The van der Waals surface area contributed by atoms with Gasteiger partial charge in [0.1, 0.15) is 5.82 Å². The highest BCUT2D eigenvalue weighted by atomic mass is 15.2. The first-order valence-electron chi connectivity index (χ1n) is 8.31. The molecule has 1 aliphatic carbocycles. The molecule has 0 amide bonds. The quantitative estimate of drug-likeness (QED) is 0.665. The van der Waals surface area contributed by atoms with Crippen molar-refractivity contribution in [2.24, 2.45) is 5.92 Å². The number of aromatic nitrogens is 1. The maximum atomic E-state index is 4.76. The van der Waals surface area contributed by atoms with Crippen molar-refractivity contribution < 1.29 is 0 Å². The third kappa shape index (κ3) is 4.20. The Labute approximate surface area is 129 Å². The molecule has 1 heterocycles. The van der Waals surface area contributed by atoms with Crippen LogP contribution in [-0.4, -0.2) is 18.1 Å². The number of allylic oxidation sites excluding steroid dienone is 2. The Kier molecular flexibility index (Phi) is 6.04. The molecule has 1 aliphatic rings. The summed E-state index contributed by atoms with van der Waals surface area (Å²) < 4.78 is 0. The molecule has 0 saturated heterocycles. The summed E-state index contributed by atoms with van der Waals surface area (Å²) in [6.07, 6.45) is 14.4. The van der Waals surface area contributed by atoms with E-state index < -0.39 is 0 Å². The molecule has 2 rings (SSSR count). The van der Waals surface area contributed by atoms with E-state index in [1.807, 2.05) is 12.3 Å². The van der Waals surface area contributed by atoms with E-state index in [0.29, 0.717) is 0 Å². The van der Waals surface area contributed by atoms with Crippen molar-refractivity contribution in [3.63, 3.8) is 0 Å². The zero-order valence-corrected chi connectivity index (χ0v) is 13.5. The van der Waals surface area contributed by atoms with Gasteiger partial charge in [-0.2, -0.15) is 0 Å². The smallest absolute Gasteiger partial charge is 0.131 e. The van der Waals surface area contributed by atoms with E-state index in [4.69, 9.17) is 4.98 Å². The zero-order chi connectivity index (χ0) is 15.1. The third-order valence-electron chi connectivity index (χ3n) is 4.40. The summed E-state index contributed by atoms with van der Waals surface area (Å²) >= 11 is 0. The molecule has 1 saturated carbocycles. The second-order valence-electron chi connectivity index (χ2n) is 5.89. The molecule has 1 fully saturated rings. The zero-order valence-electron chi connectivity index (χ0n) is 13.5. The van der Waals surface area contributed by atoms with Crippen LogP contribution in [0.15, 0.2) is 31.0 Å². The molecule has 0 N–H and O–H groups in total. The van der Waals surface area contributed by atoms with Gasteiger partial charge in [-0.3, -0.25) is 0 Å². The molecular weight excluding hydrogens is 256 g/mol. The lowest BCUT2D eigenvalue weighted by Gasteiger charge is -2.27. The average Bonchev–Trinajstić information content (AvgIpc) is 3.03. The van der Waals surface area contributed by atoms with Crippen molar-refractivity contribution in [1.29, 1.82) is 0 Å². The minimum absolute atomic E-state index is 0.858. The first-order valence-corrected chi connectivity index (χ1v) is 8.31. The largest absolute Gasteiger partial charge is 0.356 e. The van der Waals surface area contributed by atoms with Gasteiger partial charge in [0.25, 0.3) is 0 Å². The minimum atomic E-state index is 0.858. The molecule has 21 heavy (non-hydrogen) atoms. The number of hydrogen-bond donors (Lipinski definition) is 0. The molecule has 0 aliphatic heterocycles. The Morgan fingerprint density at radius 3 is 2.71 bits per heavy atom. The Balaban J connectivity index is 2.18. The van der Waals surface area contributed by atoms with E-state index in [-0.39, 0.29) is 0 Å². The van der Waals surface area contributed by atoms with Crippen LogP contribution >= 0.6 is 0 Å². The molecule has 1 aromatic heterocycles. The molecule has 0 radical (unpaired) electrons. The van der Waals surface area contributed by atoms with Gasteiger partial charge in [0.15, 0.2) is 0 Å². The van der Waals surface area contributed by atoms with Gasteiger partial charge in [0.05, 0.1) is 0 Å².